The maximum atomic E-state index is 12.7. The summed E-state index contributed by atoms with van der Waals surface area (Å²) in [6.45, 7) is 3.74. The number of halogens is 1. The largest absolute Gasteiger partial charge is 0.338 e. The molecule has 0 bridgehead atoms. The number of benzene rings is 1. The summed E-state index contributed by atoms with van der Waals surface area (Å²) in [5.74, 6) is 1.04. The molecule has 2 aromatic rings. The summed E-state index contributed by atoms with van der Waals surface area (Å²) in [5, 5.41) is 0.467. The van der Waals surface area contributed by atoms with Crippen LogP contribution in [0.4, 0.5) is 0 Å². The van der Waals surface area contributed by atoms with Crippen molar-refractivity contribution in [3.63, 3.8) is 0 Å². The Labute approximate surface area is 149 Å². The first-order valence-corrected chi connectivity index (χ1v) is 9.56. The summed E-state index contributed by atoms with van der Waals surface area (Å²) < 4.78 is 0.838. The second kappa shape index (κ2) is 7.49. The third-order valence-corrected chi connectivity index (χ3v) is 5.86. The molecule has 0 spiro atoms. The van der Waals surface area contributed by atoms with Crippen LogP contribution in [0.3, 0.4) is 0 Å². The van der Waals surface area contributed by atoms with Gasteiger partial charge >= 0.3 is 0 Å². The zero-order valence-electron chi connectivity index (χ0n) is 13.0. The molecule has 1 aliphatic rings. The van der Waals surface area contributed by atoms with E-state index in [1.165, 1.54) is 11.1 Å². The van der Waals surface area contributed by atoms with Gasteiger partial charge in [-0.1, -0.05) is 24.3 Å². The van der Waals surface area contributed by atoms with Gasteiger partial charge in [0.15, 0.2) is 0 Å². The zero-order chi connectivity index (χ0) is 16.2. The average Bonchev–Trinajstić information content (AvgIpc) is 2.80. The smallest absolute Gasteiger partial charge is 0.255 e. The van der Waals surface area contributed by atoms with Crippen LogP contribution in [-0.4, -0.2) is 34.6 Å². The summed E-state index contributed by atoms with van der Waals surface area (Å²) in [4.78, 5) is 18.7. The minimum absolute atomic E-state index is 0.0739. The molecular formula is C18H19BrN2OS. The van der Waals surface area contributed by atoms with E-state index in [1.807, 2.05) is 22.7 Å². The Hall–Kier alpha value is -1.33. The third-order valence-electron chi connectivity index (χ3n) is 4.12. The van der Waals surface area contributed by atoms with Crippen molar-refractivity contribution in [3.8, 4) is 0 Å². The van der Waals surface area contributed by atoms with Gasteiger partial charge in [0.1, 0.15) is 0 Å². The van der Waals surface area contributed by atoms with E-state index in [0.717, 1.165) is 29.7 Å². The van der Waals surface area contributed by atoms with Crippen molar-refractivity contribution in [3.05, 3.63) is 63.9 Å². The lowest BCUT2D eigenvalue weighted by Gasteiger charge is -2.20. The monoisotopic (exact) mass is 390 g/mol. The van der Waals surface area contributed by atoms with Crippen LogP contribution >= 0.6 is 27.7 Å². The van der Waals surface area contributed by atoms with Gasteiger partial charge in [0.2, 0.25) is 0 Å². The highest BCUT2D eigenvalue weighted by Crippen LogP contribution is 2.36. The van der Waals surface area contributed by atoms with E-state index in [0.29, 0.717) is 10.8 Å². The van der Waals surface area contributed by atoms with Gasteiger partial charge in [-0.2, -0.15) is 11.8 Å². The predicted molar refractivity (Wildman–Crippen MR) is 98.8 cm³/mol. The quantitative estimate of drug-likeness (QED) is 0.757. The van der Waals surface area contributed by atoms with Crippen molar-refractivity contribution in [1.29, 1.82) is 0 Å². The third kappa shape index (κ3) is 3.96. The number of thioether (sulfide) groups is 1. The predicted octanol–water partition coefficient (Wildman–Crippen LogP) is 4.47. The summed E-state index contributed by atoms with van der Waals surface area (Å²) in [6, 6.07) is 10.4. The highest BCUT2D eigenvalue weighted by Gasteiger charge is 2.23. The number of rotatable bonds is 2. The van der Waals surface area contributed by atoms with Gasteiger partial charge in [0.05, 0.1) is 5.56 Å². The first-order chi connectivity index (χ1) is 11.1. The maximum absolute atomic E-state index is 12.7. The van der Waals surface area contributed by atoms with Gasteiger partial charge in [-0.25, -0.2) is 0 Å². The van der Waals surface area contributed by atoms with Crippen LogP contribution in [0.25, 0.3) is 0 Å². The molecule has 3 nitrogen and oxygen atoms in total. The highest BCUT2D eigenvalue weighted by molar-refractivity contribution is 9.10. The van der Waals surface area contributed by atoms with Gasteiger partial charge in [-0.05, 0) is 46.5 Å². The highest BCUT2D eigenvalue weighted by atomic mass is 79.9. The molecule has 0 aliphatic carbocycles. The molecule has 3 rings (SSSR count). The second-order valence-corrected chi connectivity index (χ2v) is 7.92. The van der Waals surface area contributed by atoms with Crippen LogP contribution < -0.4 is 0 Å². The van der Waals surface area contributed by atoms with Crippen LogP contribution in [0.5, 0.6) is 0 Å². The molecule has 5 heteroatoms. The van der Waals surface area contributed by atoms with Crippen molar-refractivity contribution >= 4 is 33.6 Å². The number of aryl methyl sites for hydroxylation is 1. The first-order valence-electron chi connectivity index (χ1n) is 7.72. The lowest BCUT2D eigenvalue weighted by molar-refractivity contribution is 0.0766. The Balaban J connectivity index is 1.71. The van der Waals surface area contributed by atoms with Crippen molar-refractivity contribution in [2.45, 2.75) is 18.6 Å². The second-order valence-electron chi connectivity index (χ2n) is 5.69. The van der Waals surface area contributed by atoms with E-state index in [9.17, 15) is 4.79 Å². The van der Waals surface area contributed by atoms with Gasteiger partial charge in [-0.3, -0.25) is 9.78 Å². The Kier molecular flexibility index (Phi) is 5.38. The van der Waals surface area contributed by atoms with Crippen molar-refractivity contribution in [2.24, 2.45) is 0 Å². The molecule has 2 heterocycles. The topological polar surface area (TPSA) is 33.2 Å². The molecule has 0 N–H and O–H groups in total. The van der Waals surface area contributed by atoms with E-state index >= 15 is 0 Å². The van der Waals surface area contributed by atoms with Crippen molar-refractivity contribution in [1.82, 2.24) is 9.88 Å². The number of pyridine rings is 1. The van der Waals surface area contributed by atoms with Crippen LogP contribution in [-0.2, 0) is 0 Å². The normalized spacial score (nSPS) is 18.5. The van der Waals surface area contributed by atoms with E-state index < -0.39 is 0 Å². The molecule has 1 saturated heterocycles. The Morgan fingerprint density at radius 2 is 2.13 bits per heavy atom. The number of aromatic nitrogens is 1. The summed E-state index contributed by atoms with van der Waals surface area (Å²) >= 11 is 5.33. The SMILES string of the molecule is Cc1ccccc1[C@H]1CCN(C(=O)c2cncc(Br)c2)CCS1. The number of nitrogens with zero attached hydrogens (tertiary/aromatic N) is 2. The molecule has 1 aromatic heterocycles. The van der Waals surface area contributed by atoms with Crippen LogP contribution in [0, 0.1) is 6.92 Å². The first kappa shape index (κ1) is 16.5. The number of hydrogen-bond acceptors (Lipinski definition) is 3. The molecule has 120 valence electrons. The Morgan fingerprint density at radius 1 is 1.30 bits per heavy atom. The number of hydrogen-bond donors (Lipinski definition) is 0. The molecule has 23 heavy (non-hydrogen) atoms. The lowest BCUT2D eigenvalue weighted by Crippen LogP contribution is -2.33. The summed E-state index contributed by atoms with van der Waals surface area (Å²) in [7, 11) is 0. The van der Waals surface area contributed by atoms with Crippen molar-refractivity contribution < 1.29 is 4.79 Å². The van der Waals surface area contributed by atoms with E-state index in [2.05, 4.69) is 52.1 Å². The summed E-state index contributed by atoms with van der Waals surface area (Å²) in [6.07, 6.45) is 4.33. The molecule has 1 aliphatic heterocycles. The molecule has 1 aromatic carbocycles. The Morgan fingerprint density at radius 3 is 2.91 bits per heavy atom. The van der Waals surface area contributed by atoms with Crippen LogP contribution in [0.2, 0.25) is 0 Å². The standard InChI is InChI=1S/C18H19BrN2OS/c1-13-4-2-3-5-16(13)17-6-7-21(8-9-23-17)18(22)14-10-15(19)12-20-11-14/h2-5,10-12,17H,6-9H2,1H3/t17-/m1/s1. The van der Waals surface area contributed by atoms with Gasteiger partial charge < -0.3 is 4.90 Å². The molecule has 0 unspecified atom stereocenters. The van der Waals surface area contributed by atoms with Crippen molar-refractivity contribution in [2.75, 3.05) is 18.8 Å². The maximum Gasteiger partial charge on any atom is 0.255 e. The molecule has 1 fully saturated rings. The number of carbonyl (C=O) groups is 1. The zero-order valence-corrected chi connectivity index (χ0v) is 15.4. The Bertz CT molecular complexity index is 707. The fraction of sp³-hybridized carbons (Fsp3) is 0.333. The molecule has 0 radical (unpaired) electrons. The molecule has 0 saturated carbocycles. The fourth-order valence-corrected chi connectivity index (χ4v) is 4.57. The van der Waals surface area contributed by atoms with E-state index in [1.54, 1.807) is 12.4 Å². The fourth-order valence-electron chi connectivity index (χ4n) is 2.88. The lowest BCUT2D eigenvalue weighted by atomic mass is 10.0. The molecular weight excluding hydrogens is 372 g/mol. The minimum Gasteiger partial charge on any atom is -0.338 e. The van der Waals surface area contributed by atoms with Gasteiger partial charge in [0, 0.05) is 41.0 Å². The van der Waals surface area contributed by atoms with Crippen LogP contribution in [0.1, 0.15) is 33.2 Å². The molecule has 1 atom stereocenters. The van der Waals surface area contributed by atoms with Gasteiger partial charge in [0.25, 0.3) is 5.91 Å². The summed E-state index contributed by atoms with van der Waals surface area (Å²) in [5.41, 5.74) is 3.38. The van der Waals surface area contributed by atoms with Gasteiger partial charge in [-0.15, -0.1) is 0 Å². The van der Waals surface area contributed by atoms with E-state index in [-0.39, 0.29) is 5.91 Å². The van der Waals surface area contributed by atoms with Crippen LogP contribution in [0.15, 0.2) is 47.2 Å². The molecule has 1 amide bonds. The minimum atomic E-state index is 0.0739. The van der Waals surface area contributed by atoms with E-state index in [4.69, 9.17) is 0 Å². The number of amides is 1. The average molecular weight is 391 g/mol. The number of carbonyl (C=O) groups excluding carboxylic acids is 1.